The van der Waals surface area contributed by atoms with Gasteiger partial charge in [0, 0.05) is 18.7 Å². The average molecular weight is 625 g/mol. The summed E-state index contributed by atoms with van der Waals surface area (Å²) >= 11 is 0. The number of fused-ring (bicyclic) bond motifs is 1. The minimum absolute atomic E-state index is 0.0944. The monoisotopic (exact) mass is 624 g/mol. The normalized spacial score (nSPS) is 20.9. The number of primary amides is 1. The van der Waals surface area contributed by atoms with Crippen LogP contribution in [0.5, 0.6) is 11.5 Å². The molecule has 1 aromatic heterocycles. The SMILES string of the molecule is CC1=NC(c2cc(-c3cccc(C4(C(N)=O)CC4)c3)ccc2-n2cc(C(F)(F)F)nc2C)C(c2ccc3c(c2)OC(F)(F)O3)O1. The first-order valence-corrected chi connectivity index (χ1v) is 14.0. The molecule has 3 heterocycles. The third kappa shape index (κ3) is 4.95. The summed E-state index contributed by atoms with van der Waals surface area (Å²) in [5.41, 5.74) is 7.48. The summed E-state index contributed by atoms with van der Waals surface area (Å²) in [6, 6.07) is 16.1. The number of benzene rings is 3. The van der Waals surface area contributed by atoms with Gasteiger partial charge in [-0.1, -0.05) is 36.4 Å². The van der Waals surface area contributed by atoms with Gasteiger partial charge in [0.1, 0.15) is 11.9 Å². The zero-order chi connectivity index (χ0) is 31.9. The van der Waals surface area contributed by atoms with Crippen LogP contribution in [0.25, 0.3) is 16.8 Å². The fraction of sp³-hybridized carbons (Fsp3) is 0.281. The van der Waals surface area contributed by atoms with Gasteiger partial charge in [-0.3, -0.25) is 4.79 Å². The van der Waals surface area contributed by atoms with Gasteiger partial charge in [0.2, 0.25) is 5.91 Å². The fourth-order valence-corrected chi connectivity index (χ4v) is 6.01. The highest BCUT2D eigenvalue weighted by molar-refractivity contribution is 5.90. The summed E-state index contributed by atoms with van der Waals surface area (Å²) in [7, 11) is 0. The largest absolute Gasteiger partial charge is 0.586 e. The topological polar surface area (TPSA) is 101 Å². The lowest BCUT2D eigenvalue weighted by Gasteiger charge is -2.23. The number of halogens is 5. The molecule has 7 rings (SSSR count). The number of hydrogen-bond donors (Lipinski definition) is 1. The van der Waals surface area contributed by atoms with Crippen LogP contribution in [-0.2, 0) is 21.1 Å². The quantitative estimate of drug-likeness (QED) is 0.235. The summed E-state index contributed by atoms with van der Waals surface area (Å²) in [6.45, 7) is 3.09. The first-order valence-electron chi connectivity index (χ1n) is 14.0. The number of rotatable bonds is 6. The van der Waals surface area contributed by atoms with Crippen molar-refractivity contribution in [3.05, 3.63) is 95.1 Å². The second kappa shape index (κ2) is 9.78. The van der Waals surface area contributed by atoms with E-state index in [0.29, 0.717) is 41.1 Å². The number of carbonyl (C=O) groups is 1. The van der Waals surface area contributed by atoms with E-state index in [-0.39, 0.29) is 17.3 Å². The van der Waals surface area contributed by atoms with Crippen molar-refractivity contribution < 1.29 is 41.0 Å². The molecule has 1 fully saturated rings. The van der Waals surface area contributed by atoms with E-state index in [1.165, 1.54) is 23.6 Å². The molecule has 1 amide bonds. The second-order valence-corrected chi connectivity index (χ2v) is 11.3. The molecule has 2 atom stereocenters. The molecule has 232 valence electrons. The standard InChI is InChI=1S/C32H25F5N4O4/c1-16-39-26(31(33,34)35)15-41(16)23-8-6-19(18-4-3-5-21(12-18)30(10-11-30)29(38)42)13-22(23)27-28(43-17(2)40-27)20-7-9-24-25(14-20)45-32(36,37)44-24/h3-9,12-15,27-28H,10-11H2,1-2H3,(H2,38,42). The molecule has 1 saturated carbocycles. The Kier molecular flexibility index (Phi) is 6.26. The van der Waals surface area contributed by atoms with E-state index < -0.39 is 41.6 Å². The minimum Gasteiger partial charge on any atom is -0.471 e. The summed E-state index contributed by atoms with van der Waals surface area (Å²) in [6.07, 6.45) is -7.12. The molecule has 45 heavy (non-hydrogen) atoms. The number of ether oxygens (including phenoxy) is 3. The van der Waals surface area contributed by atoms with Crippen LogP contribution in [0.3, 0.4) is 0 Å². The maximum Gasteiger partial charge on any atom is 0.586 e. The van der Waals surface area contributed by atoms with Crippen molar-refractivity contribution in [1.29, 1.82) is 0 Å². The zero-order valence-corrected chi connectivity index (χ0v) is 23.9. The maximum atomic E-state index is 13.8. The van der Waals surface area contributed by atoms with Crippen molar-refractivity contribution in [2.45, 2.75) is 56.7 Å². The molecular formula is C32H25F5N4O4. The minimum atomic E-state index is -4.67. The van der Waals surface area contributed by atoms with Gasteiger partial charge in [-0.25, -0.2) is 9.98 Å². The first kappa shape index (κ1) is 28.8. The number of carbonyl (C=O) groups excluding carboxylic acids is 1. The van der Waals surface area contributed by atoms with Crippen molar-refractivity contribution in [2.75, 3.05) is 0 Å². The summed E-state index contributed by atoms with van der Waals surface area (Å²) < 4.78 is 85.0. The summed E-state index contributed by atoms with van der Waals surface area (Å²) in [5.74, 6) is -0.335. The van der Waals surface area contributed by atoms with Gasteiger partial charge in [-0.15, -0.1) is 8.78 Å². The Labute approximate surface area is 253 Å². The van der Waals surface area contributed by atoms with Gasteiger partial charge in [0.05, 0.1) is 11.1 Å². The lowest BCUT2D eigenvalue weighted by atomic mass is 9.89. The number of imidazole rings is 1. The van der Waals surface area contributed by atoms with E-state index in [2.05, 4.69) is 14.5 Å². The van der Waals surface area contributed by atoms with Gasteiger partial charge in [-0.05, 0) is 66.3 Å². The third-order valence-corrected chi connectivity index (χ3v) is 8.41. The molecule has 4 aromatic rings. The van der Waals surface area contributed by atoms with Gasteiger partial charge in [0.15, 0.2) is 29.2 Å². The zero-order valence-electron chi connectivity index (χ0n) is 23.9. The molecule has 8 nitrogen and oxygen atoms in total. The molecule has 0 bridgehead atoms. The predicted octanol–water partition coefficient (Wildman–Crippen LogP) is 6.94. The lowest BCUT2D eigenvalue weighted by molar-refractivity contribution is -0.286. The highest BCUT2D eigenvalue weighted by Crippen LogP contribution is 2.50. The lowest BCUT2D eigenvalue weighted by Crippen LogP contribution is -2.28. The van der Waals surface area contributed by atoms with E-state index >= 15 is 0 Å². The van der Waals surface area contributed by atoms with Crippen LogP contribution in [-0.4, -0.2) is 27.7 Å². The molecule has 3 aromatic carbocycles. The van der Waals surface area contributed by atoms with Crippen molar-refractivity contribution in [2.24, 2.45) is 10.7 Å². The van der Waals surface area contributed by atoms with E-state index in [0.717, 1.165) is 17.3 Å². The number of hydrogen-bond acceptors (Lipinski definition) is 6. The Balaban J connectivity index is 1.36. The van der Waals surface area contributed by atoms with E-state index in [1.54, 1.807) is 31.2 Å². The number of alkyl halides is 5. The van der Waals surface area contributed by atoms with Crippen LogP contribution in [0, 0.1) is 6.92 Å². The molecule has 2 aliphatic heterocycles. The Morgan fingerprint density at radius 3 is 2.40 bits per heavy atom. The van der Waals surface area contributed by atoms with Crippen LogP contribution in [0.2, 0.25) is 0 Å². The molecule has 3 aliphatic rings. The number of aryl methyl sites for hydroxylation is 1. The Hall–Kier alpha value is -4.94. The average Bonchev–Trinajstić information content (AvgIpc) is 3.43. The third-order valence-electron chi connectivity index (χ3n) is 8.41. The Morgan fingerprint density at radius 1 is 0.978 bits per heavy atom. The molecule has 0 spiro atoms. The van der Waals surface area contributed by atoms with Gasteiger partial charge >= 0.3 is 12.5 Å². The van der Waals surface area contributed by atoms with E-state index in [4.69, 9.17) is 15.5 Å². The Bertz CT molecular complexity index is 1900. The van der Waals surface area contributed by atoms with Gasteiger partial charge < -0.3 is 24.5 Å². The Morgan fingerprint density at radius 2 is 1.71 bits per heavy atom. The van der Waals surface area contributed by atoms with E-state index in [9.17, 15) is 26.7 Å². The molecule has 0 saturated heterocycles. The number of nitrogens with zero attached hydrogens (tertiary/aromatic N) is 3. The second-order valence-electron chi connectivity index (χ2n) is 11.3. The van der Waals surface area contributed by atoms with Crippen molar-refractivity contribution >= 4 is 11.8 Å². The number of nitrogens with two attached hydrogens (primary N) is 1. The van der Waals surface area contributed by atoms with Crippen molar-refractivity contribution in [1.82, 2.24) is 9.55 Å². The number of amides is 1. The van der Waals surface area contributed by atoms with Crippen LogP contribution < -0.4 is 15.2 Å². The molecule has 2 unspecified atom stereocenters. The van der Waals surface area contributed by atoms with Crippen LogP contribution >= 0.6 is 0 Å². The maximum absolute atomic E-state index is 13.8. The highest BCUT2D eigenvalue weighted by atomic mass is 19.4. The number of aromatic nitrogens is 2. The number of aliphatic imine (C=N–C) groups is 1. The first-order chi connectivity index (χ1) is 21.2. The van der Waals surface area contributed by atoms with Crippen LogP contribution in [0.15, 0.2) is 71.9 Å². The van der Waals surface area contributed by atoms with Crippen LogP contribution in [0.4, 0.5) is 22.0 Å². The van der Waals surface area contributed by atoms with Gasteiger partial charge in [-0.2, -0.15) is 13.2 Å². The van der Waals surface area contributed by atoms with Crippen molar-refractivity contribution in [3.63, 3.8) is 0 Å². The van der Waals surface area contributed by atoms with Crippen LogP contribution in [0.1, 0.15) is 60.1 Å². The molecular weight excluding hydrogens is 599 g/mol. The smallest absolute Gasteiger partial charge is 0.471 e. The summed E-state index contributed by atoms with van der Waals surface area (Å²) in [5, 5.41) is 0. The van der Waals surface area contributed by atoms with Gasteiger partial charge in [0.25, 0.3) is 0 Å². The molecule has 1 aliphatic carbocycles. The van der Waals surface area contributed by atoms with E-state index in [1.807, 2.05) is 24.3 Å². The molecule has 13 heteroatoms. The fourth-order valence-electron chi connectivity index (χ4n) is 6.01. The summed E-state index contributed by atoms with van der Waals surface area (Å²) in [4.78, 5) is 20.7. The molecule has 0 radical (unpaired) electrons. The molecule has 2 N–H and O–H groups in total. The van der Waals surface area contributed by atoms with Crippen molar-refractivity contribution in [3.8, 4) is 28.3 Å². The highest BCUT2D eigenvalue weighted by Gasteiger charge is 2.50. The predicted molar refractivity (Wildman–Crippen MR) is 151 cm³/mol.